The summed E-state index contributed by atoms with van der Waals surface area (Å²) >= 11 is 0. The van der Waals surface area contributed by atoms with Gasteiger partial charge in [-0.15, -0.1) is 0 Å². The van der Waals surface area contributed by atoms with E-state index >= 15 is 0 Å². The summed E-state index contributed by atoms with van der Waals surface area (Å²) < 4.78 is 157. The van der Waals surface area contributed by atoms with Crippen LogP contribution in [0.3, 0.4) is 0 Å². The summed E-state index contributed by atoms with van der Waals surface area (Å²) in [6.45, 7) is 15.2. The van der Waals surface area contributed by atoms with Crippen molar-refractivity contribution in [2.75, 3.05) is 42.7 Å². The molecule has 0 spiro atoms. The third-order valence-corrected chi connectivity index (χ3v) is 35.4. The molecule has 1 aromatic carbocycles. The van der Waals surface area contributed by atoms with E-state index in [0.717, 1.165) is 0 Å². The number of rotatable bonds is 13. The molecule has 4 atom stereocenters. The maximum atomic E-state index is 14.6. The fourth-order valence-electron chi connectivity index (χ4n) is 4.90. The van der Waals surface area contributed by atoms with Crippen molar-refractivity contribution in [2.24, 2.45) is 0 Å². The minimum Gasteiger partial charge on any atom is -0.417 e. The average molecular weight is 869 g/mol. The van der Waals surface area contributed by atoms with E-state index in [2.05, 4.69) is 0 Å². The van der Waals surface area contributed by atoms with Crippen LogP contribution in [0.1, 0.15) is 5.56 Å². The highest BCUT2D eigenvalue weighted by molar-refractivity contribution is 6.91. The predicted molar refractivity (Wildman–Crippen MR) is 184 cm³/mol. The first-order valence-electron chi connectivity index (χ1n) is 15.1. The maximum absolute atomic E-state index is 14.6. The second-order valence-corrected chi connectivity index (χ2v) is 39.0. The van der Waals surface area contributed by atoms with Gasteiger partial charge in [0.05, 0.1) is 0 Å². The molecule has 0 N–H and O–H groups in total. The van der Waals surface area contributed by atoms with Crippen molar-refractivity contribution in [3.63, 3.8) is 0 Å². The molecule has 0 amide bonds. The molecule has 2 rings (SSSR count). The van der Waals surface area contributed by atoms with Gasteiger partial charge in [0.1, 0.15) is 0 Å². The fourth-order valence-corrected chi connectivity index (χ4v) is 37.3. The first-order chi connectivity index (χ1) is 22.7. The smallest absolute Gasteiger partial charge is 0.417 e. The van der Waals surface area contributed by atoms with Crippen LogP contribution in [-0.2, 0) is 65.9 Å². The van der Waals surface area contributed by atoms with Crippen LogP contribution >= 0.6 is 0 Å². The van der Waals surface area contributed by atoms with Gasteiger partial charge in [0.25, 0.3) is 0 Å². The lowest BCUT2D eigenvalue weighted by Crippen LogP contribution is -2.73. The Labute approximate surface area is 299 Å². The molecule has 1 aliphatic rings. The minimum atomic E-state index is -4.51. The number of benzene rings is 1. The van der Waals surface area contributed by atoms with Gasteiger partial charge >= 0.3 is 53.3 Å². The first kappa shape index (κ1) is 46.2. The first-order valence-corrected chi connectivity index (χ1v) is 33.8. The second-order valence-electron chi connectivity index (χ2n) is 12.9. The van der Waals surface area contributed by atoms with Gasteiger partial charge < -0.3 is 59.5 Å². The van der Waals surface area contributed by atoms with Gasteiger partial charge in [-0.1, -0.05) is 0 Å². The standard InChI is InChI=1S/C23H49F5O14Si8/c1-29-45(12)37-46(13,30-2)39-48(15,36-44(10,11)17-16-18-19(24)21(26)23(28)22(27)20(18)25)41-50(33-5,34-6)42-49(31-3,32-4)40-47(14,38-45)35-43(7,8)9/h16-17H2,1-15H3. The van der Waals surface area contributed by atoms with Gasteiger partial charge in [0.2, 0.25) is 5.82 Å². The molecular formula is C23H49F5O14Si8. The Kier molecular flexibility index (Phi) is 15.5. The van der Waals surface area contributed by atoms with Crippen LogP contribution in [-0.4, -0.2) is 113 Å². The molecule has 1 saturated heterocycles. The molecule has 14 nitrogen and oxygen atoms in total. The molecule has 27 heteroatoms. The van der Waals surface area contributed by atoms with E-state index < -0.39 is 111 Å². The van der Waals surface area contributed by atoms with Crippen LogP contribution in [0.4, 0.5) is 22.0 Å². The third kappa shape index (κ3) is 11.5. The van der Waals surface area contributed by atoms with Crippen LogP contribution in [0.15, 0.2) is 0 Å². The molecule has 0 saturated carbocycles. The molecule has 292 valence electrons. The lowest BCUT2D eigenvalue weighted by Gasteiger charge is -2.47. The predicted octanol–water partition coefficient (Wildman–Crippen LogP) is 5.14. The molecule has 0 radical (unpaired) electrons. The molecule has 1 aliphatic heterocycles. The van der Waals surface area contributed by atoms with Crippen LogP contribution in [0, 0.1) is 29.1 Å². The average Bonchev–Trinajstić information content (AvgIpc) is 2.99. The Hall–Kier alpha value is 0.0451. The monoisotopic (exact) mass is 868 g/mol. The van der Waals surface area contributed by atoms with Gasteiger partial charge in [0, 0.05) is 74.4 Å². The number of hydrogen-bond acceptors (Lipinski definition) is 14. The highest BCUT2D eigenvalue weighted by Crippen LogP contribution is 2.36. The minimum absolute atomic E-state index is 0.161. The molecule has 1 heterocycles. The summed E-state index contributed by atoms with van der Waals surface area (Å²) in [5.41, 5.74) is -0.988. The summed E-state index contributed by atoms with van der Waals surface area (Å²) in [6.07, 6.45) is -0.571. The Bertz CT molecular complexity index is 1300. The topological polar surface area (TPSA) is 129 Å². The van der Waals surface area contributed by atoms with E-state index in [1.54, 1.807) is 26.2 Å². The van der Waals surface area contributed by atoms with Gasteiger partial charge in [-0.05, 0) is 45.2 Å². The van der Waals surface area contributed by atoms with E-state index in [1.165, 1.54) is 55.8 Å². The molecular weight excluding hydrogens is 820 g/mol. The lowest BCUT2D eigenvalue weighted by molar-refractivity contribution is -0.0224. The summed E-state index contributed by atoms with van der Waals surface area (Å²) in [6, 6.07) is -0.161. The summed E-state index contributed by atoms with van der Waals surface area (Å²) in [4.78, 5) is 0. The Morgan fingerprint density at radius 2 is 0.800 bits per heavy atom. The highest BCUT2D eigenvalue weighted by atomic mass is 28.6. The SMILES string of the molecule is CO[Si]1(C)O[Si](C)(OC)O[Si](C)(O[Si](C)(C)CCc2c(F)c(F)c(F)c(F)c2F)O[Si](OC)(OC)O[Si](OC)(OC)O[Si](C)(O[Si](C)(C)C)O1. The zero-order chi connectivity index (χ0) is 38.8. The highest BCUT2D eigenvalue weighted by Gasteiger charge is 2.68. The fraction of sp³-hybridized carbons (Fsp3) is 0.739. The second kappa shape index (κ2) is 16.8. The Morgan fingerprint density at radius 1 is 0.460 bits per heavy atom. The molecule has 1 aromatic rings. The zero-order valence-corrected chi connectivity index (χ0v) is 39.0. The van der Waals surface area contributed by atoms with Crippen LogP contribution < -0.4 is 0 Å². The van der Waals surface area contributed by atoms with E-state index in [9.17, 15) is 22.0 Å². The molecule has 0 aromatic heterocycles. The molecule has 0 bridgehead atoms. The zero-order valence-electron chi connectivity index (χ0n) is 31.0. The molecule has 1 fully saturated rings. The number of hydrogen-bond donors (Lipinski definition) is 0. The summed E-state index contributed by atoms with van der Waals surface area (Å²) in [7, 11) is -22.9. The van der Waals surface area contributed by atoms with Crippen molar-refractivity contribution in [3.05, 3.63) is 34.6 Å². The molecule has 0 aliphatic carbocycles. The number of halogens is 5. The summed E-state index contributed by atoms with van der Waals surface area (Å²) in [5, 5.41) is 0. The normalized spacial score (nSPS) is 29.8. The van der Waals surface area contributed by atoms with Gasteiger partial charge in [-0.3, -0.25) is 0 Å². The van der Waals surface area contributed by atoms with Gasteiger partial charge in [-0.25, -0.2) is 22.0 Å². The van der Waals surface area contributed by atoms with Crippen LogP contribution in [0.25, 0.3) is 0 Å². The largest absolute Gasteiger partial charge is 0.665 e. The van der Waals surface area contributed by atoms with Gasteiger partial charge in [-0.2, -0.15) is 0 Å². The van der Waals surface area contributed by atoms with Crippen molar-refractivity contribution in [2.45, 2.75) is 71.4 Å². The van der Waals surface area contributed by atoms with Crippen molar-refractivity contribution in [1.29, 1.82) is 0 Å². The van der Waals surface area contributed by atoms with Crippen LogP contribution in [0.2, 0.25) is 65.0 Å². The van der Waals surface area contributed by atoms with E-state index in [0.29, 0.717) is 0 Å². The van der Waals surface area contributed by atoms with Crippen molar-refractivity contribution in [1.82, 2.24) is 0 Å². The van der Waals surface area contributed by atoms with Crippen LogP contribution in [0.5, 0.6) is 0 Å². The quantitative estimate of drug-likeness (QED) is 0.112. The van der Waals surface area contributed by atoms with E-state index in [-0.39, 0.29) is 6.04 Å². The Balaban J connectivity index is 2.74. The third-order valence-electron chi connectivity index (χ3n) is 6.96. The van der Waals surface area contributed by atoms with Crippen molar-refractivity contribution in [3.8, 4) is 0 Å². The molecule has 50 heavy (non-hydrogen) atoms. The maximum Gasteiger partial charge on any atom is 0.665 e. The summed E-state index contributed by atoms with van der Waals surface area (Å²) in [5.74, 6) is -10.2. The molecule has 4 unspecified atom stereocenters. The van der Waals surface area contributed by atoms with Gasteiger partial charge in [0.15, 0.2) is 39.9 Å². The Morgan fingerprint density at radius 3 is 1.14 bits per heavy atom. The van der Waals surface area contributed by atoms with Crippen molar-refractivity contribution >= 4 is 69.9 Å². The lowest BCUT2D eigenvalue weighted by atomic mass is 10.1. The van der Waals surface area contributed by atoms with E-state index in [1.807, 2.05) is 19.6 Å². The van der Waals surface area contributed by atoms with Crippen molar-refractivity contribution < 1.29 is 81.4 Å². The van der Waals surface area contributed by atoms with E-state index in [4.69, 9.17) is 59.5 Å².